The average molecular weight is 272 g/mol. The van der Waals surface area contributed by atoms with Crippen LogP contribution in [-0.2, 0) is 0 Å². The molecule has 1 heterocycles. The van der Waals surface area contributed by atoms with Crippen LogP contribution in [0, 0.1) is 0 Å². The summed E-state index contributed by atoms with van der Waals surface area (Å²) in [5, 5.41) is 15.9. The molecule has 2 rings (SSSR count). The molecule has 0 fully saturated rings. The van der Waals surface area contributed by atoms with Gasteiger partial charge in [-0.05, 0) is 40.2 Å². The minimum atomic E-state index is 0.371. The van der Waals surface area contributed by atoms with Crippen molar-refractivity contribution in [2.45, 2.75) is 0 Å². The first-order valence-electron chi connectivity index (χ1n) is 3.74. The van der Waals surface area contributed by atoms with E-state index in [4.69, 9.17) is 11.6 Å². The van der Waals surface area contributed by atoms with Crippen molar-refractivity contribution in [2.24, 2.45) is 0 Å². The monoisotopic (exact) mass is 270 g/mol. The zero-order valence-electron chi connectivity index (χ0n) is 6.85. The van der Waals surface area contributed by atoms with Crippen LogP contribution in [0.25, 0.3) is 11.4 Å². The number of rotatable bonds is 1. The molecule has 0 radical (unpaired) electrons. The molecule has 0 unspecified atom stereocenters. The van der Waals surface area contributed by atoms with Crippen LogP contribution in [0.15, 0.2) is 29.0 Å². The normalized spacial score (nSPS) is 10.1. The topological polar surface area (TPSA) is 51.6 Å². The minimum Gasteiger partial charge on any atom is -0.125 e. The Balaban J connectivity index is 2.40. The van der Waals surface area contributed by atoms with Crippen LogP contribution in [0.1, 0.15) is 0 Å². The Kier molecular flexibility index (Phi) is 2.69. The fourth-order valence-corrected chi connectivity index (χ4v) is 1.22. The van der Waals surface area contributed by atoms with E-state index >= 15 is 0 Å². The van der Waals surface area contributed by atoms with Gasteiger partial charge >= 0.3 is 0 Å². The maximum absolute atomic E-state index is 5.74. The van der Waals surface area contributed by atoms with Gasteiger partial charge in [0.25, 0.3) is 0 Å². The van der Waals surface area contributed by atoms with Crippen LogP contribution in [0.4, 0.5) is 0 Å². The SMILES string of the molecule is Clc1ccc(-c2nnc(Br)nn2)cc1. The van der Waals surface area contributed by atoms with Crippen LogP contribution in [0.2, 0.25) is 5.02 Å². The first-order chi connectivity index (χ1) is 6.75. The molecule has 0 aliphatic heterocycles. The van der Waals surface area contributed by atoms with Crippen LogP contribution >= 0.6 is 27.5 Å². The molecule has 0 saturated carbocycles. The number of hydrogen-bond acceptors (Lipinski definition) is 4. The third-order valence-electron chi connectivity index (χ3n) is 1.56. The van der Waals surface area contributed by atoms with Crippen LogP contribution in [0.3, 0.4) is 0 Å². The summed E-state index contributed by atoms with van der Waals surface area (Å²) in [6.07, 6.45) is 0. The summed E-state index contributed by atoms with van der Waals surface area (Å²) >= 11 is 8.81. The lowest BCUT2D eigenvalue weighted by Gasteiger charge is -1.97. The average Bonchev–Trinajstić information content (AvgIpc) is 2.21. The standard InChI is InChI=1S/C8H4BrClN4/c9-8-13-11-7(12-14-8)5-1-3-6(10)4-2-5/h1-4H. The Morgan fingerprint density at radius 3 is 2.07 bits per heavy atom. The molecule has 14 heavy (non-hydrogen) atoms. The molecule has 6 heteroatoms. The molecule has 70 valence electrons. The first-order valence-corrected chi connectivity index (χ1v) is 4.91. The van der Waals surface area contributed by atoms with E-state index in [1.165, 1.54) is 0 Å². The highest BCUT2D eigenvalue weighted by atomic mass is 79.9. The molecule has 2 aromatic rings. The van der Waals surface area contributed by atoms with Gasteiger partial charge in [0.1, 0.15) is 0 Å². The zero-order chi connectivity index (χ0) is 9.97. The summed E-state index contributed by atoms with van der Waals surface area (Å²) in [5.41, 5.74) is 0.835. The predicted octanol–water partition coefficient (Wildman–Crippen LogP) is 2.35. The quantitative estimate of drug-likeness (QED) is 0.799. The predicted molar refractivity (Wildman–Crippen MR) is 55.8 cm³/mol. The number of benzene rings is 1. The van der Waals surface area contributed by atoms with Crippen molar-refractivity contribution in [3.05, 3.63) is 34.0 Å². The lowest BCUT2D eigenvalue weighted by atomic mass is 10.2. The second-order valence-corrected chi connectivity index (χ2v) is 3.65. The van der Waals surface area contributed by atoms with Crippen LogP contribution in [-0.4, -0.2) is 20.4 Å². The molecule has 0 aliphatic rings. The van der Waals surface area contributed by atoms with Crippen molar-refractivity contribution in [2.75, 3.05) is 0 Å². The van der Waals surface area contributed by atoms with Gasteiger partial charge in [-0.25, -0.2) is 0 Å². The van der Waals surface area contributed by atoms with E-state index in [2.05, 4.69) is 36.3 Å². The van der Waals surface area contributed by atoms with Crippen molar-refractivity contribution < 1.29 is 0 Å². The van der Waals surface area contributed by atoms with Gasteiger partial charge in [-0.2, -0.15) is 0 Å². The van der Waals surface area contributed by atoms with Crippen molar-refractivity contribution in [3.63, 3.8) is 0 Å². The number of nitrogens with zero attached hydrogens (tertiary/aromatic N) is 4. The molecule has 0 atom stereocenters. The molecule has 0 saturated heterocycles. The lowest BCUT2D eigenvalue weighted by molar-refractivity contribution is 0.835. The Morgan fingerprint density at radius 2 is 1.50 bits per heavy atom. The molecule has 0 N–H and O–H groups in total. The van der Waals surface area contributed by atoms with Gasteiger partial charge in [0.05, 0.1) is 0 Å². The largest absolute Gasteiger partial charge is 0.238 e. The molecular formula is C8H4BrClN4. The molecule has 1 aromatic carbocycles. The van der Waals surface area contributed by atoms with E-state index in [1.807, 2.05) is 12.1 Å². The highest BCUT2D eigenvalue weighted by Crippen LogP contribution is 2.16. The Morgan fingerprint density at radius 1 is 0.929 bits per heavy atom. The van der Waals surface area contributed by atoms with E-state index in [9.17, 15) is 0 Å². The molecule has 4 nitrogen and oxygen atoms in total. The lowest BCUT2D eigenvalue weighted by Crippen LogP contribution is -1.95. The third-order valence-corrected chi connectivity index (χ3v) is 2.13. The first kappa shape index (κ1) is 9.48. The summed E-state index contributed by atoms with van der Waals surface area (Å²) in [6.45, 7) is 0. The molecular weight excluding hydrogens is 267 g/mol. The highest BCUT2D eigenvalue weighted by molar-refractivity contribution is 9.10. The summed E-state index contributed by atoms with van der Waals surface area (Å²) in [5.74, 6) is 0.477. The van der Waals surface area contributed by atoms with Crippen molar-refractivity contribution in [1.82, 2.24) is 20.4 Å². The zero-order valence-corrected chi connectivity index (χ0v) is 9.20. The van der Waals surface area contributed by atoms with E-state index in [-0.39, 0.29) is 0 Å². The third kappa shape index (κ3) is 2.05. The van der Waals surface area contributed by atoms with E-state index in [0.717, 1.165) is 5.56 Å². The summed E-state index contributed by atoms with van der Waals surface area (Å²) in [4.78, 5) is 0. The van der Waals surface area contributed by atoms with Gasteiger partial charge in [-0.15, -0.1) is 20.4 Å². The summed E-state index contributed by atoms with van der Waals surface area (Å²) in [7, 11) is 0. The van der Waals surface area contributed by atoms with E-state index < -0.39 is 0 Å². The molecule has 0 spiro atoms. The van der Waals surface area contributed by atoms with Gasteiger partial charge in [-0.1, -0.05) is 11.6 Å². The molecule has 1 aromatic heterocycles. The molecule has 0 aliphatic carbocycles. The van der Waals surface area contributed by atoms with E-state index in [1.54, 1.807) is 12.1 Å². The number of hydrogen-bond donors (Lipinski definition) is 0. The second-order valence-electron chi connectivity index (χ2n) is 2.50. The summed E-state index contributed by atoms with van der Waals surface area (Å²) in [6, 6.07) is 7.16. The Bertz CT molecular complexity index is 385. The molecule has 0 amide bonds. The van der Waals surface area contributed by atoms with E-state index in [0.29, 0.717) is 15.6 Å². The number of halogens is 2. The van der Waals surface area contributed by atoms with Gasteiger partial charge in [0.15, 0.2) is 0 Å². The maximum Gasteiger partial charge on any atom is 0.238 e. The molecule has 0 bridgehead atoms. The summed E-state index contributed by atoms with van der Waals surface area (Å²) < 4.78 is 0.371. The van der Waals surface area contributed by atoms with Gasteiger partial charge in [0.2, 0.25) is 10.6 Å². The Hall–Kier alpha value is -1.07. The van der Waals surface area contributed by atoms with Crippen molar-refractivity contribution in [1.29, 1.82) is 0 Å². The smallest absolute Gasteiger partial charge is 0.125 e. The highest BCUT2D eigenvalue weighted by Gasteiger charge is 2.02. The second kappa shape index (κ2) is 3.98. The van der Waals surface area contributed by atoms with Gasteiger partial charge < -0.3 is 0 Å². The fraction of sp³-hybridized carbons (Fsp3) is 0. The van der Waals surface area contributed by atoms with Crippen molar-refractivity contribution in [3.8, 4) is 11.4 Å². The van der Waals surface area contributed by atoms with Crippen molar-refractivity contribution >= 4 is 27.5 Å². The van der Waals surface area contributed by atoms with Gasteiger partial charge in [0, 0.05) is 10.6 Å². The Labute approximate surface area is 93.5 Å². The van der Waals surface area contributed by atoms with Crippen LogP contribution in [0.5, 0.6) is 0 Å². The number of aromatic nitrogens is 4. The maximum atomic E-state index is 5.74. The minimum absolute atomic E-state index is 0.371. The van der Waals surface area contributed by atoms with Crippen LogP contribution < -0.4 is 0 Å². The fourth-order valence-electron chi connectivity index (χ4n) is 0.932. The van der Waals surface area contributed by atoms with Gasteiger partial charge in [-0.3, -0.25) is 0 Å².